The summed E-state index contributed by atoms with van der Waals surface area (Å²) in [5.41, 5.74) is 1.41. The standard InChI is InChI=1S/C18H19NO4S/c1-13-2-5-15(6-3-13)24(20,21)19-18(8-9-18)14-4-7-16-17(12-14)23-11-10-22-16/h2-7,12,19H,8-11H2,1H3. The molecule has 24 heavy (non-hydrogen) atoms. The van der Waals surface area contributed by atoms with Gasteiger partial charge in [-0.25, -0.2) is 13.1 Å². The van der Waals surface area contributed by atoms with Crippen molar-refractivity contribution in [2.75, 3.05) is 13.2 Å². The molecule has 2 aromatic carbocycles. The van der Waals surface area contributed by atoms with Gasteiger partial charge in [0.2, 0.25) is 10.0 Å². The van der Waals surface area contributed by atoms with E-state index in [1.165, 1.54) is 0 Å². The molecule has 1 fully saturated rings. The second-order valence-electron chi connectivity index (χ2n) is 6.36. The third-order valence-corrected chi connectivity index (χ3v) is 6.06. The molecule has 4 rings (SSSR count). The van der Waals surface area contributed by atoms with Crippen LogP contribution < -0.4 is 14.2 Å². The van der Waals surface area contributed by atoms with Gasteiger partial charge in [0.05, 0.1) is 10.4 Å². The first-order valence-corrected chi connectivity index (χ1v) is 9.48. The van der Waals surface area contributed by atoms with Crippen LogP contribution in [0, 0.1) is 6.92 Å². The number of nitrogens with one attached hydrogen (secondary N) is 1. The molecule has 6 heteroatoms. The van der Waals surface area contributed by atoms with Crippen LogP contribution in [0.15, 0.2) is 47.4 Å². The van der Waals surface area contributed by atoms with Crippen LogP contribution >= 0.6 is 0 Å². The van der Waals surface area contributed by atoms with Crippen molar-refractivity contribution in [1.29, 1.82) is 0 Å². The van der Waals surface area contributed by atoms with Crippen molar-refractivity contribution in [1.82, 2.24) is 4.72 Å². The lowest BCUT2D eigenvalue weighted by atomic mass is 10.1. The van der Waals surface area contributed by atoms with Gasteiger partial charge in [0.1, 0.15) is 13.2 Å². The summed E-state index contributed by atoms with van der Waals surface area (Å²) in [4.78, 5) is 0.289. The summed E-state index contributed by atoms with van der Waals surface area (Å²) < 4.78 is 39.4. The fraction of sp³-hybridized carbons (Fsp3) is 0.333. The molecule has 2 aliphatic rings. The summed E-state index contributed by atoms with van der Waals surface area (Å²) in [6, 6.07) is 12.5. The molecular weight excluding hydrogens is 326 g/mol. The number of ether oxygens (including phenoxy) is 2. The molecule has 0 radical (unpaired) electrons. The Labute approximate surface area is 141 Å². The highest BCUT2D eigenvalue weighted by Crippen LogP contribution is 2.48. The highest BCUT2D eigenvalue weighted by molar-refractivity contribution is 7.89. The van der Waals surface area contributed by atoms with Gasteiger partial charge >= 0.3 is 0 Å². The lowest BCUT2D eigenvalue weighted by Crippen LogP contribution is -2.35. The summed E-state index contributed by atoms with van der Waals surface area (Å²) in [5.74, 6) is 1.39. The molecule has 0 amide bonds. The smallest absolute Gasteiger partial charge is 0.241 e. The Morgan fingerprint density at radius 1 is 0.958 bits per heavy atom. The van der Waals surface area contributed by atoms with E-state index in [1.54, 1.807) is 24.3 Å². The summed E-state index contributed by atoms with van der Waals surface area (Å²) in [7, 11) is -3.56. The van der Waals surface area contributed by atoms with Gasteiger partial charge in [-0.15, -0.1) is 0 Å². The highest BCUT2D eigenvalue weighted by atomic mass is 32.2. The zero-order valence-corrected chi connectivity index (χ0v) is 14.2. The maximum atomic E-state index is 12.7. The van der Waals surface area contributed by atoms with Crippen LogP contribution in [0.25, 0.3) is 0 Å². The average molecular weight is 345 g/mol. The van der Waals surface area contributed by atoms with Gasteiger partial charge in [-0.05, 0) is 49.6 Å². The van der Waals surface area contributed by atoms with Crippen LogP contribution in [0.2, 0.25) is 0 Å². The third-order valence-electron chi connectivity index (χ3n) is 4.51. The summed E-state index contributed by atoms with van der Waals surface area (Å²) >= 11 is 0. The minimum absolute atomic E-state index is 0.289. The van der Waals surface area contributed by atoms with Crippen molar-refractivity contribution in [2.45, 2.75) is 30.2 Å². The van der Waals surface area contributed by atoms with E-state index in [9.17, 15) is 8.42 Å². The Morgan fingerprint density at radius 2 is 1.62 bits per heavy atom. The van der Waals surface area contributed by atoms with E-state index in [2.05, 4.69) is 4.72 Å². The molecule has 0 atom stereocenters. The van der Waals surface area contributed by atoms with Crippen LogP contribution in [-0.2, 0) is 15.6 Å². The molecule has 1 heterocycles. The number of fused-ring (bicyclic) bond motifs is 1. The first-order chi connectivity index (χ1) is 11.5. The van der Waals surface area contributed by atoms with E-state index in [4.69, 9.17) is 9.47 Å². The Hall–Kier alpha value is -2.05. The van der Waals surface area contributed by atoms with Gasteiger partial charge in [0.25, 0.3) is 0 Å². The second kappa shape index (κ2) is 5.50. The van der Waals surface area contributed by atoms with E-state index >= 15 is 0 Å². The predicted molar refractivity (Wildman–Crippen MR) is 89.8 cm³/mol. The van der Waals surface area contributed by atoms with Crippen molar-refractivity contribution in [3.05, 3.63) is 53.6 Å². The zero-order valence-electron chi connectivity index (χ0n) is 13.4. The lowest BCUT2D eigenvalue weighted by Gasteiger charge is -2.22. The Morgan fingerprint density at radius 3 is 2.29 bits per heavy atom. The minimum Gasteiger partial charge on any atom is -0.486 e. The van der Waals surface area contributed by atoms with Crippen molar-refractivity contribution < 1.29 is 17.9 Å². The summed E-state index contributed by atoms with van der Waals surface area (Å²) in [6.07, 6.45) is 1.55. The van der Waals surface area contributed by atoms with Crippen LogP contribution in [-0.4, -0.2) is 21.6 Å². The minimum atomic E-state index is -3.56. The van der Waals surface area contributed by atoms with Crippen molar-refractivity contribution in [3.63, 3.8) is 0 Å². The molecule has 0 unspecified atom stereocenters. The number of hydrogen-bond acceptors (Lipinski definition) is 4. The topological polar surface area (TPSA) is 64.6 Å². The monoisotopic (exact) mass is 345 g/mol. The van der Waals surface area contributed by atoms with Gasteiger partial charge in [-0.2, -0.15) is 0 Å². The molecule has 1 N–H and O–H groups in total. The van der Waals surface area contributed by atoms with E-state index < -0.39 is 15.6 Å². The molecule has 0 spiro atoms. The van der Waals surface area contributed by atoms with Crippen LogP contribution in [0.3, 0.4) is 0 Å². The molecular formula is C18H19NO4S. The van der Waals surface area contributed by atoms with Crippen LogP contribution in [0.5, 0.6) is 11.5 Å². The average Bonchev–Trinajstić information content (AvgIpc) is 3.35. The van der Waals surface area contributed by atoms with Gasteiger partial charge < -0.3 is 9.47 Å². The highest BCUT2D eigenvalue weighted by Gasteiger charge is 2.48. The van der Waals surface area contributed by atoms with E-state index in [1.807, 2.05) is 25.1 Å². The predicted octanol–water partition coefficient (Wildman–Crippen LogP) is 2.73. The molecule has 1 saturated carbocycles. The third kappa shape index (κ3) is 2.76. The second-order valence-corrected chi connectivity index (χ2v) is 8.04. The Balaban J connectivity index is 1.63. The van der Waals surface area contributed by atoms with Crippen LogP contribution in [0.1, 0.15) is 24.0 Å². The normalized spacial score (nSPS) is 18.2. The fourth-order valence-electron chi connectivity index (χ4n) is 2.95. The van der Waals surface area contributed by atoms with E-state index in [-0.39, 0.29) is 4.90 Å². The summed E-state index contributed by atoms with van der Waals surface area (Å²) in [6.45, 7) is 2.98. The fourth-order valence-corrected chi connectivity index (χ4v) is 4.40. The first kappa shape index (κ1) is 15.5. The molecule has 0 bridgehead atoms. The van der Waals surface area contributed by atoms with Crippen molar-refractivity contribution >= 4 is 10.0 Å². The maximum Gasteiger partial charge on any atom is 0.241 e. The molecule has 0 aromatic heterocycles. The molecule has 0 saturated heterocycles. The number of sulfonamides is 1. The Bertz CT molecular complexity index is 870. The number of aryl methyl sites for hydroxylation is 1. The number of rotatable bonds is 4. The molecule has 1 aliphatic carbocycles. The first-order valence-electron chi connectivity index (χ1n) is 7.99. The van der Waals surface area contributed by atoms with Gasteiger partial charge in [0.15, 0.2) is 11.5 Å². The van der Waals surface area contributed by atoms with E-state index in [0.717, 1.165) is 24.0 Å². The molecule has 1 aliphatic heterocycles. The van der Waals surface area contributed by atoms with Gasteiger partial charge in [-0.3, -0.25) is 0 Å². The number of hydrogen-bond donors (Lipinski definition) is 1. The summed E-state index contributed by atoms with van der Waals surface area (Å²) in [5, 5.41) is 0. The zero-order chi connectivity index (χ0) is 16.8. The van der Waals surface area contributed by atoms with Gasteiger partial charge in [0, 0.05) is 0 Å². The number of benzene rings is 2. The molecule has 5 nitrogen and oxygen atoms in total. The van der Waals surface area contributed by atoms with Crippen molar-refractivity contribution in [3.8, 4) is 11.5 Å². The van der Waals surface area contributed by atoms with Gasteiger partial charge in [-0.1, -0.05) is 23.8 Å². The molecule has 126 valence electrons. The van der Waals surface area contributed by atoms with E-state index in [0.29, 0.717) is 24.7 Å². The quantitative estimate of drug-likeness (QED) is 0.925. The largest absolute Gasteiger partial charge is 0.486 e. The SMILES string of the molecule is Cc1ccc(S(=O)(=O)NC2(c3ccc4c(c3)OCCO4)CC2)cc1. The molecule has 2 aromatic rings. The Kier molecular flexibility index (Phi) is 3.54. The lowest BCUT2D eigenvalue weighted by molar-refractivity contribution is 0.171. The van der Waals surface area contributed by atoms with Crippen LogP contribution in [0.4, 0.5) is 0 Å². The maximum absolute atomic E-state index is 12.7. The van der Waals surface area contributed by atoms with Crippen molar-refractivity contribution in [2.24, 2.45) is 0 Å².